The van der Waals surface area contributed by atoms with Crippen LogP contribution in [0.3, 0.4) is 0 Å². The van der Waals surface area contributed by atoms with Crippen molar-refractivity contribution < 1.29 is 0 Å². The van der Waals surface area contributed by atoms with Crippen molar-refractivity contribution in [1.82, 2.24) is 24.1 Å². The van der Waals surface area contributed by atoms with E-state index in [1.54, 1.807) is 0 Å². The fourth-order valence-electron chi connectivity index (χ4n) is 8.81. The molecule has 3 heterocycles. The highest BCUT2D eigenvalue weighted by Crippen LogP contribution is 2.50. The highest BCUT2D eigenvalue weighted by atomic mass is 15.2. The number of para-hydroxylation sites is 3. The second-order valence-corrected chi connectivity index (χ2v) is 14.8. The van der Waals surface area contributed by atoms with Crippen molar-refractivity contribution in [3.05, 3.63) is 174 Å². The first-order valence-electron chi connectivity index (χ1n) is 18.5. The minimum absolute atomic E-state index is 0.311. The van der Waals surface area contributed by atoms with Gasteiger partial charge in [0.1, 0.15) is 0 Å². The van der Waals surface area contributed by atoms with E-state index in [-0.39, 0.29) is 5.41 Å². The highest BCUT2D eigenvalue weighted by Gasteiger charge is 2.36. The van der Waals surface area contributed by atoms with Crippen molar-refractivity contribution in [2.24, 2.45) is 0 Å². The van der Waals surface area contributed by atoms with Gasteiger partial charge >= 0.3 is 0 Å². The molecule has 0 atom stereocenters. The Hall–Kier alpha value is -7.36. The van der Waals surface area contributed by atoms with Crippen molar-refractivity contribution in [2.75, 3.05) is 0 Å². The monoisotopic (exact) mass is 704 g/mol. The summed E-state index contributed by atoms with van der Waals surface area (Å²) in [5, 5.41) is 14.3. The van der Waals surface area contributed by atoms with E-state index >= 15 is 0 Å². The molecule has 0 N–H and O–H groups in total. The molecular weight excluding hydrogens is 673 g/mol. The molecule has 0 unspecified atom stereocenters. The first kappa shape index (κ1) is 31.2. The Morgan fingerprint density at radius 2 is 1.04 bits per heavy atom. The second-order valence-electron chi connectivity index (χ2n) is 14.8. The molecule has 0 bridgehead atoms. The van der Waals surface area contributed by atoms with Crippen molar-refractivity contribution in [3.63, 3.8) is 0 Å². The summed E-state index contributed by atoms with van der Waals surface area (Å²) in [4.78, 5) is 15.8. The Morgan fingerprint density at radius 3 is 1.71 bits per heavy atom. The zero-order valence-corrected chi connectivity index (χ0v) is 30.2. The molecule has 0 amide bonds. The SMILES string of the molecule is CC1(C)c2cc(C#N)ccc2-c2ccc(-c3nc(-c4ccccc4)nc(-n4c5ccccc5c5ccc6c7ccccc7n(-c7ccccc7)c6c54)n3)cc21. The molecule has 3 aromatic heterocycles. The van der Waals surface area contributed by atoms with Crippen LogP contribution in [0.1, 0.15) is 30.5 Å². The number of aromatic nitrogens is 5. The number of hydrogen-bond acceptors (Lipinski definition) is 4. The Bertz CT molecular complexity index is 3240. The van der Waals surface area contributed by atoms with Gasteiger partial charge in [-0.2, -0.15) is 15.2 Å². The molecular formula is C49H32N6. The Labute approximate surface area is 317 Å². The summed E-state index contributed by atoms with van der Waals surface area (Å²) < 4.78 is 4.61. The quantitative estimate of drug-likeness (QED) is 0.183. The standard InChI is InChI=1S/C49H32N6/c1-49(2)40-27-30(29-50)21-23-34(40)35-24-22-32(28-41(35)49)47-51-46(31-13-5-3-6-14-31)52-48(53-47)55-43-20-12-10-18-37(43)39-26-25-38-36-17-9-11-19-42(36)54(44(38)45(39)55)33-15-7-4-8-16-33/h3-28H,1-2H3. The van der Waals surface area contributed by atoms with Gasteiger partial charge in [-0.05, 0) is 64.7 Å². The molecule has 0 aliphatic heterocycles. The van der Waals surface area contributed by atoms with Crippen LogP contribution in [0.2, 0.25) is 0 Å². The maximum absolute atomic E-state index is 9.70. The van der Waals surface area contributed by atoms with E-state index in [4.69, 9.17) is 15.0 Å². The zero-order chi connectivity index (χ0) is 36.8. The summed E-state index contributed by atoms with van der Waals surface area (Å²) >= 11 is 0. The van der Waals surface area contributed by atoms with Crippen LogP contribution in [0, 0.1) is 11.3 Å². The van der Waals surface area contributed by atoms with Crippen LogP contribution >= 0.6 is 0 Å². The largest absolute Gasteiger partial charge is 0.307 e. The number of nitrogens with zero attached hydrogens (tertiary/aromatic N) is 6. The predicted molar refractivity (Wildman–Crippen MR) is 222 cm³/mol. The minimum Gasteiger partial charge on any atom is -0.307 e. The molecule has 10 aromatic rings. The van der Waals surface area contributed by atoms with E-state index in [1.165, 1.54) is 16.5 Å². The molecule has 0 saturated heterocycles. The summed E-state index contributed by atoms with van der Waals surface area (Å²) in [5.74, 6) is 1.75. The molecule has 1 aliphatic rings. The molecule has 11 rings (SSSR count). The lowest BCUT2D eigenvalue weighted by Gasteiger charge is -2.22. The summed E-state index contributed by atoms with van der Waals surface area (Å²) in [6.07, 6.45) is 0. The highest BCUT2D eigenvalue weighted by molar-refractivity contribution is 6.23. The molecule has 7 aromatic carbocycles. The van der Waals surface area contributed by atoms with Crippen molar-refractivity contribution in [2.45, 2.75) is 19.3 Å². The lowest BCUT2D eigenvalue weighted by atomic mass is 9.81. The van der Waals surface area contributed by atoms with Gasteiger partial charge in [-0.15, -0.1) is 0 Å². The van der Waals surface area contributed by atoms with Gasteiger partial charge in [0, 0.05) is 43.8 Å². The van der Waals surface area contributed by atoms with Crippen LogP contribution in [-0.2, 0) is 5.41 Å². The van der Waals surface area contributed by atoms with Gasteiger partial charge in [0.05, 0.1) is 33.7 Å². The van der Waals surface area contributed by atoms with Gasteiger partial charge in [0.2, 0.25) is 5.95 Å². The van der Waals surface area contributed by atoms with Crippen LogP contribution in [-0.4, -0.2) is 24.1 Å². The molecule has 0 radical (unpaired) electrons. The maximum atomic E-state index is 9.70. The summed E-state index contributed by atoms with van der Waals surface area (Å²) in [5.41, 5.74) is 12.2. The lowest BCUT2D eigenvalue weighted by molar-refractivity contribution is 0.660. The minimum atomic E-state index is -0.311. The number of fused-ring (bicyclic) bond motifs is 10. The predicted octanol–water partition coefficient (Wildman–Crippen LogP) is 11.6. The van der Waals surface area contributed by atoms with E-state index in [0.29, 0.717) is 23.2 Å². The number of nitriles is 1. The van der Waals surface area contributed by atoms with Crippen molar-refractivity contribution >= 4 is 43.6 Å². The Balaban J connectivity index is 1.23. The third-order valence-corrected chi connectivity index (χ3v) is 11.4. The molecule has 6 heteroatoms. The molecule has 0 fully saturated rings. The van der Waals surface area contributed by atoms with Crippen LogP contribution < -0.4 is 0 Å². The van der Waals surface area contributed by atoms with Crippen LogP contribution in [0.4, 0.5) is 0 Å². The fraction of sp³-hybridized carbons (Fsp3) is 0.0612. The smallest absolute Gasteiger partial charge is 0.238 e. The molecule has 1 aliphatic carbocycles. The lowest BCUT2D eigenvalue weighted by Crippen LogP contribution is -2.15. The third-order valence-electron chi connectivity index (χ3n) is 11.4. The summed E-state index contributed by atoms with van der Waals surface area (Å²) in [6, 6.07) is 57.3. The maximum Gasteiger partial charge on any atom is 0.238 e. The third kappa shape index (κ3) is 4.50. The second kappa shape index (κ2) is 11.6. The fourth-order valence-corrected chi connectivity index (χ4v) is 8.81. The normalized spacial score (nSPS) is 13.0. The van der Waals surface area contributed by atoms with Gasteiger partial charge in [-0.3, -0.25) is 4.57 Å². The van der Waals surface area contributed by atoms with E-state index in [0.717, 1.165) is 66.2 Å². The van der Waals surface area contributed by atoms with E-state index in [1.807, 2.05) is 30.3 Å². The van der Waals surface area contributed by atoms with Gasteiger partial charge in [-0.1, -0.05) is 129 Å². The van der Waals surface area contributed by atoms with Gasteiger partial charge in [-0.25, -0.2) is 4.98 Å². The summed E-state index contributed by atoms with van der Waals surface area (Å²) in [7, 11) is 0. The number of rotatable bonds is 4. The number of hydrogen-bond donors (Lipinski definition) is 0. The molecule has 258 valence electrons. The van der Waals surface area contributed by atoms with Gasteiger partial charge < -0.3 is 4.57 Å². The van der Waals surface area contributed by atoms with Gasteiger partial charge in [0.15, 0.2) is 11.6 Å². The van der Waals surface area contributed by atoms with Crippen molar-refractivity contribution in [3.8, 4) is 51.6 Å². The Morgan fingerprint density at radius 1 is 0.491 bits per heavy atom. The van der Waals surface area contributed by atoms with Crippen LogP contribution in [0.5, 0.6) is 0 Å². The first-order valence-corrected chi connectivity index (χ1v) is 18.5. The first-order chi connectivity index (χ1) is 27.0. The summed E-state index contributed by atoms with van der Waals surface area (Å²) in [6.45, 7) is 4.46. The van der Waals surface area contributed by atoms with Gasteiger partial charge in [0.25, 0.3) is 0 Å². The topological polar surface area (TPSA) is 72.3 Å². The molecule has 6 nitrogen and oxygen atoms in total. The average molecular weight is 705 g/mol. The zero-order valence-electron chi connectivity index (χ0n) is 30.2. The number of benzene rings is 7. The molecule has 0 saturated carbocycles. The van der Waals surface area contributed by atoms with Crippen LogP contribution in [0.25, 0.3) is 89.2 Å². The molecule has 0 spiro atoms. The average Bonchev–Trinajstić information content (AvgIpc) is 3.84. The molecule has 55 heavy (non-hydrogen) atoms. The van der Waals surface area contributed by atoms with E-state index in [2.05, 4.69) is 156 Å². The van der Waals surface area contributed by atoms with Crippen molar-refractivity contribution in [1.29, 1.82) is 5.26 Å². The van der Waals surface area contributed by atoms with E-state index < -0.39 is 0 Å². The Kier molecular flexibility index (Phi) is 6.56. The van der Waals surface area contributed by atoms with E-state index in [9.17, 15) is 5.26 Å². The van der Waals surface area contributed by atoms with Crippen LogP contribution in [0.15, 0.2) is 158 Å².